The Labute approximate surface area is 249 Å². The summed E-state index contributed by atoms with van der Waals surface area (Å²) in [4.78, 5) is 29.2. The first-order valence-electron chi connectivity index (χ1n) is 14.5. The van der Waals surface area contributed by atoms with Crippen molar-refractivity contribution in [1.82, 2.24) is 10.2 Å². The highest BCUT2D eigenvalue weighted by Gasteiger charge is 2.33. The average Bonchev–Trinajstić information content (AvgIpc) is 2.98. The fourth-order valence-corrected chi connectivity index (χ4v) is 6.84. The number of amides is 2. The van der Waals surface area contributed by atoms with E-state index in [1.807, 2.05) is 32.0 Å². The smallest absolute Gasteiger partial charge is 0.264 e. The molecule has 1 saturated carbocycles. The van der Waals surface area contributed by atoms with Crippen molar-refractivity contribution in [3.8, 4) is 5.75 Å². The third-order valence-electron chi connectivity index (χ3n) is 7.74. The molecular formula is C33H41N3O5S. The van der Waals surface area contributed by atoms with Gasteiger partial charge in [-0.15, -0.1) is 0 Å². The number of rotatable bonds is 11. The van der Waals surface area contributed by atoms with Crippen molar-refractivity contribution in [2.75, 3.05) is 18.0 Å². The Balaban J connectivity index is 1.69. The van der Waals surface area contributed by atoms with Crippen LogP contribution >= 0.6 is 0 Å². The van der Waals surface area contributed by atoms with Gasteiger partial charge in [0, 0.05) is 12.6 Å². The number of ether oxygens (including phenoxy) is 1. The van der Waals surface area contributed by atoms with Crippen molar-refractivity contribution in [2.45, 2.75) is 76.4 Å². The van der Waals surface area contributed by atoms with Crippen molar-refractivity contribution < 1.29 is 22.7 Å². The molecule has 1 aliphatic carbocycles. The van der Waals surface area contributed by atoms with E-state index in [1.165, 1.54) is 17.0 Å². The van der Waals surface area contributed by atoms with Gasteiger partial charge >= 0.3 is 0 Å². The van der Waals surface area contributed by atoms with Crippen LogP contribution in [0.3, 0.4) is 0 Å². The summed E-state index contributed by atoms with van der Waals surface area (Å²) in [6, 6.07) is 20.1. The van der Waals surface area contributed by atoms with Crippen LogP contribution in [0, 0.1) is 13.8 Å². The van der Waals surface area contributed by atoms with Gasteiger partial charge in [-0.25, -0.2) is 8.42 Å². The van der Waals surface area contributed by atoms with Crippen molar-refractivity contribution in [3.63, 3.8) is 0 Å². The van der Waals surface area contributed by atoms with E-state index >= 15 is 0 Å². The molecule has 0 radical (unpaired) electrons. The van der Waals surface area contributed by atoms with E-state index in [-0.39, 0.29) is 23.4 Å². The standard InChI is InChI=1S/C33H41N3O5S/c1-24-19-25(2)21-29(20-24)36(42(39,40)31-13-9-6-10-14-31)23-32(37)35(22-27-15-17-30(41-4)18-16-27)26(3)33(38)34-28-11-7-5-8-12-28/h6,9-10,13-21,26,28H,5,7-8,11-12,22-23H2,1-4H3,(H,34,38)/t26-/m1/s1. The van der Waals surface area contributed by atoms with Crippen LogP contribution in [-0.4, -0.2) is 50.9 Å². The van der Waals surface area contributed by atoms with E-state index in [9.17, 15) is 18.0 Å². The summed E-state index contributed by atoms with van der Waals surface area (Å²) in [5.41, 5.74) is 2.95. The number of methoxy groups -OCH3 is 1. The lowest BCUT2D eigenvalue weighted by molar-refractivity contribution is -0.139. The van der Waals surface area contributed by atoms with Crippen LogP contribution in [0.4, 0.5) is 5.69 Å². The Morgan fingerprint density at radius 1 is 0.929 bits per heavy atom. The summed E-state index contributed by atoms with van der Waals surface area (Å²) in [6.07, 6.45) is 5.13. The molecule has 42 heavy (non-hydrogen) atoms. The predicted octanol–water partition coefficient (Wildman–Crippen LogP) is 5.37. The van der Waals surface area contributed by atoms with E-state index in [0.29, 0.717) is 11.4 Å². The van der Waals surface area contributed by atoms with Crippen molar-refractivity contribution in [3.05, 3.63) is 89.5 Å². The van der Waals surface area contributed by atoms with E-state index in [4.69, 9.17) is 4.74 Å². The summed E-state index contributed by atoms with van der Waals surface area (Å²) in [7, 11) is -2.52. The van der Waals surface area contributed by atoms with Gasteiger partial charge in [-0.1, -0.05) is 55.7 Å². The van der Waals surface area contributed by atoms with Crippen LogP contribution in [0.15, 0.2) is 77.7 Å². The normalized spacial score (nSPS) is 14.6. The van der Waals surface area contributed by atoms with Gasteiger partial charge in [-0.3, -0.25) is 13.9 Å². The number of carbonyl (C=O) groups excluding carboxylic acids is 2. The predicted molar refractivity (Wildman–Crippen MR) is 165 cm³/mol. The molecule has 4 rings (SSSR count). The van der Waals surface area contributed by atoms with E-state index in [2.05, 4.69) is 5.32 Å². The average molecular weight is 592 g/mol. The molecule has 0 spiro atoms. The van der Waals surface area contributed by atoms with Crippen LogP contribution in [0.25, 0.3) is 0 Å². The van der Waals surface area contributed by atoms with Gasteiger partial charge in [0.05, 0.1) is 17.7 Å². The third kappa shape index (κ3) is 7.70. The zero-order valence-electron chi connectivity index (χ0n) is 24.9. The van der Waals surface area contributed by atoms with Crippen LogP contribution in [0.2, 0.25) is 0 Å². The number of hydrogen-bond donors (Lipinski definition) is 1. The van der Waals surface area contributed by atoms with Gasteiger partial charge < -0.3 is 15.0 Å². The summed E-state index contributed by atoms with van der Waals surface area (Å²) in [5.74, 6) is -0.0435. The fourth-order valence-electron chi connectivity index (χ4n) is 5.42. The molecule has 1 aliphatic rings. The molecule has 0 heterocycles. The highest BCUT2D eigenvalue weighted by atomic mass is 32.2. The Hall–Kier alpha value is -3.85. The zero-order valence-corrected chi connectivity index (χ0v) is 25.7. The molecule has 0 bridgehead atoms. The van der Waals surface area contributed by atoms with Crippen LogP contribution in [-0.2, 0) is 26.2 Å². The Morgan fingerprint density at radius 3 is 2.14 bits per heavy atom. The highest BCUT2D eigenvalue weighted by Crippen LogP contribution is 2.27. The SMILES string of the molecule is COc1ccc(CN(C(=O)CN(c2cc(C)cc(C)c2)S(=O)(=O)c2ccccc2)[C@H](C)C(=O)NC2CCCCC2)cc1. The van der Waals surface area contributed by atoms with Crippen molar-refractivity contribution in [1.29, 1.82) is 0 Å². The summed E-state index contributed by atoms with van der Waals surface area (Å²) < 4.78 is 34.4. The lowest BCUT2D eigenvalue weighted by Crippen LogP contribution is -2.53. The Bertz CT molecular complexity index is 1450. The van der Waals surface area contributed by atoms with Crippen LogP contribution in [0.5, 0.6) is 5.75 Å². The minimum absolute atomic E-state index is 0.0804. The lowest BCUT2D eigenvalue weighted by atomic mass is 9.95. The van der Waals surface area contributed by atoms with E-state index in [1.54, 1.807) is 56.5 Å². The summed E-state index contributed by atoms with van der Waals surface area (Å²) in [6.45, 7) is 5.15. The lowest BCUT2D eigenvalue weighted by Gasteiger charge is -2.33. The quantitative estimate of drug-likeness (QED) is 0.323. The molecule has 9 heteroatoms. The second-order valence-corrected chi connectivity index (χ2v) is 12.9. The maximum Gasteiger partial charge on any atom is 0.264 e. The molecular weight excluding hydrogens is 550 g/mol. The fraction of sp³-hybridized carbons (Fsp3) is 0.394. The number of nitrogens with one attached hydrogen (secondary N) is 1. The third-order valence-corrected chi connectivity index (χ3v) is 9.52. The number of hydrogen-bond acceptors (Lipinski definition) is 5. The molecule has 1 atom stereocenters. The summed E-state index contributed by atoms with van der Waals surface area (Å²) >= 11 is 0. The molecule has 0 aliphatic heterocycles. The van der Waals surface area contributed by atoms with Crippen LogP contribution < -0.4 is 14.4 Å². The van der Waals surface area contributed by atoms with Crippen molar-refractivity contribution in [2.24, 2.45) is 0 Å². The second kappa shape index (κ2) is 13.9. The van der Waals surface area contributed by atoms with Gasteiger partial charge in [-0.05, 0) is 86.7 Å². The molecule has 0 unspecified atom stereocenters. The molecule has 1 N–H and O–H groups in total. The number of benzene rings is 3. The molecule has 0 saturated heterocycles. The second-order valence-electron chi connectivity index (χ2n) is 11.1. The van der Waals surface area contributed by atoms with E-state index in [0.717, 1.165) is 53.1 Å². The minimum atomic E-state index is -4.10. The zero-order chi connectivity index (χ0) is 30.3. The van der Waals surface area contributed by atoms with Gasteiger partial charge in [0.2, 0.25) is 11.8 Å². The first-order valence-corrected chi connectivity index (χ1v) is 15.9. The number of carbonyl (C=O) groups is 2. The Morgan fingerprint density at radius 2 is 1.55 bits per heavy atom. The van der Waals surface area contributed by atoms with Gasteiger partial charge in [0.25, 0.3) is 10.0 Å². The number of anilines is 1. The largest absolute Gasteiger partial charge is 0.497 e. The first-order chi connectivity index (χ1) is 20.1. The summed E-state index contributed by atoms with van der Waals surface area (Å²) in [5, 5.41) is 3.13. The molecule has 3 aromatic carbocycles. The monoisotopic (exact) mass is 591 g/mol. The number of aryl methyl sites for hydroxylation is 2. The van der Waals surface area contributed by atoms with E-state index < -0.39 is 28.5 Å². The maximum atomic E-state index is 14.2. The molecule has 2 amide bonds. The van der Waals surface area contributed by atoms with Gasteiger partial charge in [0.15, 0.2) is 0 Å². The first kappa shape index (κ1) is 31.1. The van der Waals surface area contributed by atoms with Gasteiger partial charge in [0.1, 0.15) is 18.3 Å². The minimum Gasteiger partial charge on any atom is -0.497 e. The Kier molecular flexibility index (Phi) is 10.3. The molecule has 1 fully saturated rings. The molecule has 224 valence electrons. The van der Waals surface area contributed by atoms with Crippen LogP contribution in [0.1, 0.15) is 55.7 Å². The van der Waals surface area contributed by atoms with Gasteiger partial charge in [-0.2, -0.15) is 0 Å². The highest BCUT2D eigenvalue weighted by molar-refractivity contribution is 7.92. The topological polar surface area (TPSA) is 96.0 Å². The molecule has 3 aromatic rings. The molecule has 8 nitrogen and oxygen atoms in total. The maximum absolute atomic E-state index is 14.2. The van der Waals surface area contributed by atoms with Crippen molar-refractivity contribution >= 4 is 27.5 Å². The number of sulfonamides is 1. The number of nitrogens with zero attached hydrogens (tertiary/aromatic N) is 2. The molecule has 0 aromatic heterocycles.